The zero-order valence-electron chi connectivity index (χ0n) is 26.9. The number of nitrogens with two attached hydrogens (primary N) is 1. The lowest BCUT2D eigenvalue weighted by Gasteiger charge is -2.25. The maximum atomic E-state index is 13.3. The Hall–Kier alpha value is -3.87. The molecule has 0 heterocycles. The Labute approximate surface area is 270 Å². The third kappa shape index (κ3) is 15.6. The monoisotopic (exact) mass is 652 g/mol. The molecule has 13 nitrogen and oxygen atoms in total. The Morgan fingerprint density at radius 2 is 1.53 bits per heavy atom. The number of ether oxygens (including phenoxy) is 1. The molecule has 45 heavy (non-hydrogen) atoms. The summed E-state index contributed by atoms with van der Waals surface area (Å²) in [6.45, 7) is 9.80. The van der Waals surface area contributed by atoms with Crippen LogP contribution in [0.15, 0.2) is 24.3 Å². The molecule has 0 bridgehead atoms. The lowest BCUT2D eigenvalue weighted by molar-refractivity contribution is -0.155. The number of carbonyl (C=O) groups is 6. The van der Waals surface area contributed by atoms with Gasteiger partial charge in [0, 0.05) is 25.2 Å². The van der Waals surface area contributed by atoms with Gasteiger partial charge >= 0.3 is 12.0 Å². The van der Waals surface area contributed by atoms with Crippen molar-refractivity contribution in [1.29, 1.82) is 0 Å². The number of hydrogen-bond donors (Lipinski definition) is 6. The third-order valence-corrected chi connectivity index (χ3v) is 7.41. The molecule has 0 aliphatic rings. The van der Waals surface area contributed by atoms with E-state index < -0.39 is 35.3 Å². The van der Waals surface area contributed by atoms with Crippen molar-refractivity contribution in [2.24, 2.45) is 17.1 Å². The quantitative estimate of drug-likeness (QED) is 0.0707. The Morgan fingerprint density at radius 1 is 0.889 bits per heavy atom. The molecule has 1 aromatic rings. The number of urea groups is 1. The van der Waals surface area contributed by atoms with E-state index in [2.05, 4.69) is 26.6 Å². The summed E-state index contributed by atoms with van der Waals surface area (Å²) in [6, 6.07) is 4.20. The predicted molar refractivity (Wildman–Crippen MR) is 172 cm³/mol. The molecule has 0 aromatic heterocycles. The topological polar surface area (TPSA) is 198 Å². The number of nitrogens with one attached hydrogen (secondary N) is 5. The molecule has 0 saturated heterocycles. The van der Waals surface area contributed by atoms with E-state index in [1.165, 1.54) is 0 Å². The van der Waals surface area contributed by atoms with Crippen molar-refractivity contribution < 1.29 is 33.5 Å². The summed E-state index contributed by atoms with van der Waals surface area (Å²) in [6.07, 6.45) is 2.40. The van der Waals surface area contributed by atoms with Crippen molar-refractivity contribution in [1.82, 2.24) is 21.3 Å². The van der Waals surface area contributed by atoms with E-state index in [0.29, 0.717) is 37.9 Å². The van der Waals surface area contributed by atoms with Gasteiger partial charge in [0.25, 0.3) is 0 Å². The minimum absolute atomic E-state index is 0.0922. The first-order valence-electron chi connectivity index (χ1n) is 15.2. The van der Waals surface area contributed by atoms with Crippen molar-refractivity contribution in [2.45, 2.75) is 91.8 Å². The van der Waals surface area contributed by atoms with Gasteiger partial charge in [0.05, 0.1) is 5.41 Å². The molecule has 0 radical (unpaired) electrons. The first-order valence-corrected chi connectivity index (χ1v) is 15.8. The Balaban J connectivity index is 2.84. The van der Waals surface area contributed by atoms with Crippen molar-refractivity contribution in [3.8, 4) is 0 Å². The summed E-state index contributed by atoms with van der Waals surface area (Å²) >= 11 is 5.44. The molecular weight excluding hydrogens is 604 g/mol. The van der Waals surface area contributed by atoms with Crippen molar-refractivity contribution in [3.63, 3.8) is 0 Å². The smallest absolute Gasteiger partial charge is 0.312 e. The summed E-state index contributed by atoms with van der Waals surface area (Å²) in [4.78, 5) is 73.7. The first-order chi connectivity index (χ1) is 21.2. The predicted octanol–water partition coefficient (Wildman–Crippen LogP) is 2.70. The number of primary amides is 1. The van der Waals surface area contributed by atoms with Crippen LogP contribution in [0.3, 0.4) is 0 Å². The molecule has 0 aliphatic heterocycles. The van der Waals surface area contributed by atoms with E-state index in [1.807, 2.05) is 20.8 Å². The average molecular weight is 653 g/mol. The van der Waals surface area contributed by atoms with Crippen molar-refractivity contribution in [2.75, 3.05) is 24.3 Å². The van der Waals surface area contributed by atoms with Crippen LogP contribution in [0.1, 0.15) is 78.7 Å². The highest BCUT2D eigenvalue weighted by Gasteiger charge is 2.29. The SMILES string of the molecule is CCC(C)(C)C(=O)OCc1ccc(NC(=O)[C@H](CCCNC(N)=O)NC(=O)C(NC(=O)CCCCNC(=O)CCl)C(C)C)cc1. The standard InChI is InChI=1S/C31H49ClN6O7/c1-6-31(4,5)29(43)45-19-21-12-14-22(15-13-21)36-27(41)23(10-9-17-35-30(33)44)37-28(42)26(20(2)3)38-24(39)11-7-8-16-34-25(40)18-32/h12-15,20,23,26H,6-11,16-19H2,1-5H3,(H,34,40)(H,36,41)(H,37,42)(H,38,39)(H3,33,35,44)/t23-,26?/m0/s1. The van der Waals surface area contributed by atoms with Crippen LogP contribution < -0.4 is 32.3 Å². The van der Waals surface area contributed by atoms with E-state index >= 15 is 0 Å². The molecule has 14 heteroatoms. The van der Waals surface area contributed by atoms with Crippen LogP contribution >= 0.6 is 11.6 Å². The highest BCUT2D eigenvalue weighted by Crippen LogP contribution is 2.22. The summed E-state index contributed by atoms with van der Waals surface area (Å²) < 4.78 is 5.41. The third-order valence-electron chi connectivity index (χ3n) is 7.17. The molecule has 252 valence electrons. The van der Waals surface area contributed by atoms with Crippen LogP contribution in [-0.2, 0) is 35.3 Å². The number of anilines is 1. The van der Waals surface area contributed by atoms with E-state index in [1.54, 1.807) is 38.1 Å². The molecular formula is C31H49ClN6O7. The molecule has 0 fully saturated rings. The molecule has 1 aromatic carbocycles. The van der Waals surface area contributed by atoms with Gasteiger partial charge in [-0.2, -0.15) is 0 Å². The van der Waals surface area contributed by atoms with Gasteiger partial charge in [-0.05, 0) is 69.6 Å². The van der Waals surface area contributed by atoms with E-state index in [-0.39, 0.29) is 55.6 Å². The second kappa shape index (κ2) is 20.2. The van der Waals surface area contributed by atoms with Gasteiger partial charge in [-0.25, -0.2) is 4.79 Å². The fraction of sp³-hybridized carbons (Fsp3) is 0.613. The van der Waals surface area contributed by atoms with Crippen LogP contribution in [0.2, 0.25) is 0 Å². The molecule has 7 N–H and O–H groups in total. The normalized spacial score (nSPS) is 12.4. The Bertz CT molecular complexity index is 1140. The van der Waals surface area contributed by atoms with Gasteiger partial charge < -0.3 is 37.1 Å². The van der Waals surface area contributed by atoms with Gasteiger partial charge in [0.2, 0.25) is 23.6 Å². The van der Waals surface area contributed by atoms with Crippen molar-refractivity contribution in [3.05, 3.63) is 29.8 Å². The largest absolute Gasteiger partial charge is 0.460 e. The Morgan fingerprint density at radius 3 is 2.11 bits per heavy atom. The van der Waals surface area contributed by atoms with Crippen LogP contribution in [0, 0.1) is 11.3 Å². The van der Waals surface area contributed by atoms with Crippen LogP contribution in [0.4, 0.5) is 10.5 Å². The second-order valence-electron chi connectivity index (χ2n) is 11.7. The van der Waals surface area contributed by atoms with E-state index in [9.17, 15) is 28.8 Å². The van der Waals surface area contributed by atoms with Crippen molar-refractivity contribution >= 4 is 52.9 Å². The fourth-order valence-corrected chi connectivity index (χ4v) is 4.01. The number of esters is 1. The summed E-state index contributed by atoms with van der Waals surface area (Å²) in [5, 5.41) is 13.4. The molecule has 2 atom stereocenters. The number of unbranched alkanes of at least 4 members (excludes halogenated alkanes) is 1. The fourth-order valence-electron chi connectivity index (χ4n) is 3.92. The number of rotatable bonds is 20. The lowest BCUT2D eigenvalue weighted by Crippen LogP contribution is -2.54. The molecule has 1 rings (SSSR count). The molecule has 1 unspecified atom stereocenters. The molecule has 0 saturated carbocycles. The van der Waals surface area contributed by atoms with Crippen LogP contribution in [0.5, 0.6) is 0 Å². The van der Waals surface area contributed by atoms with Gasteiger partial charge in [0.15, 0.2) is 0 Å². The zero-order chi connectivity index (χ0) is 34.0. The summed E-state index contributed by atoms with van der Waals surface area (Å²) in [5.74, 6) is -2.33. The van der Waals surface area contributed by atoms with Gasteiger partial charge in [-0.15, -0.1) is 11.6 Å². The minimum Gasteiger partial charge on any atom is -0.460 e. The minimum atomic E-state index is -0.979. The number of benzene rings is 1. The highest BCUT2D eigenvalue weighted by atomic mass is 35.5. The van der Waals surface area contributed by atoms with Crippen LogP contribution in [0.25, 0.3) is 0 Å². The first kappa shape index (κ1) is 39.2. The Kier molecular flexibility index (Phi) is 17.6. The number of carbonyl (C=O) groups excluding carboxylic acids is 6. The van der Waals surface area contributed by atoms with Crippen LogP contribution in [-0.4, -0.2) is 66.7 Å². The second-order valence-corrected chi connectivity index (χ2v) is 12.0. The van der Waals surface area contributed by atoms with E-state index in [0.717, 1.165) is 5.56 Å². The number of hydrogen-bond acceptors (Lipinski definition) is 7. The zero-order valence-corrected chi connectivity index (χ0v) is 27.7. The van der Waals surface area contributed by atoms with Gasteiger partial charge in [-0.1, -0.05) is 32.9 Å². The average Bonchev–Trinajstić information content (AvgIpc) is 2.99. The molecule has 0 aliphatic carbocycles. The number of amides is 6. The van der Waals surface area contributed by atoms with E-state index in [4.69, 9.17) is 22.1 Å². The lowest BCUT2D eigenvalue weighted by atomic mass is 9.91. The maximum absolute atomic E-state index is 13.3. The molecule has 6 amide bonds. The molecule has 0 spiro atoms. The van der Waals surface area contributed by atoms with Gasteiger partial charge in [-0.3, -0.25) is 24.0 Å². The highest BCUT2D eigenvalue weighted by molar-refractivity contribution is 6.27. The van der Waals surface area contributed by atoms with Gasteiger partial charge in [0.1, 0.15) is 24.6 Å². The maximum Gasteiger partial charge on any atom is 0.312 e. The number of alkyl halides is 1. The number of halogens is 1. The summed E-state index contributed by atoms with van der Waals surface area (Å²) in [5.41, 5.74) is 5.76. The summed E-state index contributed by atoms with van der Waals surface area (Å²) in [7, 11) is 0.